The van der Waals surface area contributed by atoms with Gasteiger partial charge in [0.1, 0.15) is 4.88 Å². The molecule has 0 amide bonds. The molecule has 0 spiro atoms. The summed E-state index contributed by atoms with van der Waals surface area (Å²) in [5, 5.41) is 16.5. The largest absolute Gasteiger partial charge is 0.477 e. The maximum atomic E-state index is 10.2. The molecule has 0 radical (unpaired) electrons. The normalized spacial score (nSPS) is 9.45. The molecule has 11 heavy (non-hydrogen) atoms. The molecule has 0 saturated heterocycles. The van der Waals surface area contributed by atoms with Gasteiger partial charge < -0.3 is 10.2 Å². The molecule has 0 aromatic carbocycles. The number of nitrogens with zero attached hydrogens (tertiary/aromatic N) is 1. The number of carbonyl (C=O) groups is 2. The van der Waals surface area contributed by atoms with Crippen LogP contribution in [0.4, 0.5) is 0 Å². The summed E-state index contributed by atoms with van der Waals surface area (Å²) in [6, 6.07) is 0. The number of aromatic carboxylic acids is 2. The fourth-order valence-electron chi connectivity index (χ4n) is 0.472. The molecular formula is C5H3NO4S. The molecule has 0 saturated carbocycles. The van der Waals surface area contributed by atoms with Crippen molar-refractivity contribution in [3.63, 3.8) is 0 Å². The van der Waals surface area contributed by atoms with Gasteiger partial charge in [-0.1, -0.05) is 0 Å². The van der Waals surface area contributed by atoms with Crippen molar-refractivity contribution in [2.75, 3.05) is 0 Å². The Morgan fingerprint density at radius 2 is 2.00 bits per heavy atom. The van der Waals surface area contributed by atoms with Gasteiger partial charge >= 0.3 is 11.9 Å². The molecule has 0 aliphatic heterocycles. The second kappa shape index (κ2) is 2.67. The topological polar surface area (TPSA) is 87.5 Å². The molecule has 1 aromatic rings. The number of thiazole rings is 1. The average Bonchev–Trinajstić information content (AvgIpc) is 2.33. The third-order valence-electron chi connectivity index (χ3n) is 0.899. The maximum absolute atomic E-state index is 10.2. The summed E-state index contributed by atoms with van der Waals surface area (Å²) in [4.78, 5) is 23.7. The van der Waals surface area contributed by atoms with Crippen LogP contribution in [0.1, 0.15) is 19.5 Å². The van der Waals surface area contributed by atoms with E-state index in [1.165, 1.54) is 0 Å². The monoisotopic (exact) mass is 173 g/mol. The molecule has 2 N–H and O–H groups in total. The van der Waals surface area contributed by atoms with Crippen molar-refractivity contribution < 1.29 is 19.8 Å². The van der Waals surface area contributed by atoms with E-state index in [1.54, 1.807) is 0 Å². The summed E-state index contributed by atoms with van der Waals surface area (Å²) >= 11 is 0.639. The van der Waals surface area contributed by atoms with Crippen molar-refractivity contribution in [2.45, 2.75) is 0 Å². The van der Waals surface area contributed by atoms with Gasteiger partial charge in [-0.05, 0) is 0 Å². The molecule has 6 heteroatoms. The van der Waals surface area contributed by atoms with Gasteiger partial charge in [0.15, 0.2) is 0 Å². The highest BCUT2D eigenvalue weighted by molar-refractivity contribution is 7.15. The Balaban J connectivity index is 2.99. The van der Waals surface area contributed by atoms with E-state index in [0.29, 0.717) is 11.3 Å². The van der Waals surface area contributed by atoms with Gasteiger partial charge in [-0.15, -0.1) is 11.3 Å². The van der Waals surface area contributed by atoms with E-state index in [4.69, 9.17) is 10.2 Å². The fraction of sp³-hybridized carbons (Fsp3) is 0. The van der Waals surface area contributed by atoms with Crippen LogP contribution in [0.5, 0.6) is 0 Å². The van der Waals surface area contributed by atoms with Gasteiger partial charge in [0.2, 0.25) is 5.01 Å². The highest BCUT2D eigenvalue weighted by atomic mass is 32.1. The third kappa shape index (κ3) is 1.53. The Morgan fingerprint density at radius 1 is 1.36 bits per heavy atom. The first-order valence-electron chi connectivity index (χ1n) is 2.53. The zero-order valence-electron chi connectivity index (χ0n) is 5.14. The Bertz CT molecular complexity index is 277. The van der Waals surface area contributed by atoms with Crippen LogP contribution in [0.25, 0.3) is 0 Å². The number of carboxylic acids is 2. The van der Waals surface area contributed by atoms with E-state index >= 15 is 0 Å². The first-order valence-corrected chi connectivity index (χ1v) is 3.35. The summed E-state index contributed by atoms with van der Waals surface area (Å²) < 4.78 is 0. The Morgan fingerprint density at radius 3 is 2.27 bits per heavy atom. The van der Waals surface area contributed by atoms with Crippen LogP contribution in [0.15, 0.2) is 6.20 Å². The molecule has 58 valence electrons. The quantitative estimate of drug-likeness (QED) is 0.681. The minimum atomic E-state index is -1.21. The lowest BCUT2D eigenvalue weighted by Gasteiger charge is -1.80. The molecule has 1 heterocycles. The molecule has 1 aromatic heterocycles. The lowest BCUT2D eigenvalue weighted by atomic mass is 10.6. The Kier molecular flexibility index (Phi) is 1.86. The molecule has 5 nitrogen and oxygen atoms in total. The van der Waals surface area contributed by atoms with Crippen molar-refractivity contribution in [3.05, 3.63) is 16.1 Å². The van der Waals surface area contributed by atoms with Crippen molar-refractivity contribution >= 4 is 23.3 Å². The molecular weight excluding hydrogens is 170 g/mol. The van der Waals surface area contributed by atoms with Crippen molar-refractivity contribution in [1.29, 1.82) is 0 Å². The standard InChI is InChI=1S/C5H3NO4S/c7-4(8)2-1-6-3(11-2)5(9)10/h1H,(H,7,8)(H,9,10). The lowest BCUT2D eigenvalue weighted by molar-refractivity contribution is 0.0688. The molecule has 0 aliphatic rings. The molecule has 0 atom stereocenters. The highest BCUT2D eigenvalue weighted by Crippen LogP contribution is 2.11. The van der Waals surface area contributed by atoms with Crippen LogP contribution < -0.4 is 0 Å². The maximum Gasteiger partial charge on any atom is 0.365 e. The second-order valence-electron chi connectivity index (χ2n) is 1.64. The number of rotatable bonds is 2. The van der Waals surface area contributed by atoms with Gasteiger partial charge in [0.25, 0.3) is 0 Å². The first kappa shape index (κ1) is 7.67. The van der Waals surface area contributed by atoms with Gasteiger partial charge in [-0.2, -0.15) is 0 Å². The van der Waals surface area contributed by atoms with E-state index in [-0.39, 0.29) is 9.88 Å². The number of hydrogen-bond acceptors (Lipinski definition) is 4. The van der Waals surface area contributed by atoms with Gasteiger partial charge in [-0.3, -0.25) is 0 Å². The van der Waals surface area contributed by atoms with E-state index in [9.17, 15) is 9.59 Å². The molecule has 1 rings (SSSR count). The minimum absolute atomic E-state index is 0.0672. The third-order valence-corrected chi connectivity index (χ3v) is 1.87. The van der Waals surface area contributed by atoms with Crippen molar-refractivity contribution in [1.82, 2.24) is 4.98 Å². The molecule has 0 bridgehead atoms. The number of aromatic nitrogens is 1. The molecule has 0 unspecified atom stereocenters. The second-order valence-corrected chi connectivity index (χ2v) is 2.67. The van der Waals surface area contributed by atoms with Crippen LogP contribution in [-0.4, -0.2) is 27.1 Å². The zero-order valence-corrected chi connectivity index (χ0v) is 5.96. The van der Waals surface area contributed by atoms with Gasteiger partial charge in [0.05, 0.1) is 6.20 Å². The summed E-state index contributed by atoms with van der Waals surface area (Å²) in [5.41, 5.74) is 0. The average molecular weight is 173 g/mol. The molecule has 0 fully saturated rings. The summed E-state index contributed by atoms with van der Waals surface area (Å²) in [6.45, 7) is 0. The summed E-state index contributed by atoms with van der Waals surface area (Å²) in [6.07, 6.45) is 1.02. The van der Waals surface area contributed by atoms with Gasteiger partial charge in [-0.25, -0.2) is 14.6 Å². The van der Waals surface area contributed by atoms with E-state index < -0.39 is 11.9 Å². The minimum Gasteiger partial charge on any atom is -0.477 e. The fourth-order valence-corrected chi connectivity index (χ4v) is 1.07. The predicted octanol–water partition coefficient (Wildman–Crippen LogP) is 0.539. The Hall–Kier alpha value is -1.43. The number of hydrogen-bond donors (Lipinski definition) is 2. The van der Waals surface area contributed by atoms with Crippen LogP contribution in [0, 0.1) is 0 Å². The smallest absolute Gasteiger partial charge is 0.365 e. The first-order chi connectivity index (χ1) is 5.11. The predicted molar refractivity (Wildman–Crippen MR) is 36.0 cm³/mol. The van der Waals surface area contributed by atoms with Crippen LogP contribution in [-0.2, 0) is 0 Å². The van der Waals surface area contributed by atoms with Gasteiger partial charge in [0, 0.05) is 0 Å². The van der Waals surface area contributed by atoms with E-state index in [2.05, 4.69) is 4.98 Å². The SMILES string of the molecule is O=C(O)c1cnc(C(=O)O)s1. The Labute approximate surface area is 64.9 Å². The van der Waals surface area contributed by atoms with E-state index in [1.807, 2.05) is 0 Å². The lowest BCUT2D eigenvalue weighted by Crippen LogP contribution is -1.93. The van der Waals surface area contributed by atoms with Crippen LogP contribution in [0.3, 0.4) is 0 Å². The van der Waals surface area contributed by atoms with Crippen LogP contribution in [0.2, 0.25) is 0 Å². The zero-order chi connectivity index (χ0) is 8.43. The highest BCUT2D eigenvalue weighted by Gasteiger charge is 2.12. The van der Waals surface area contributed by atoms with Crippen molar-refractivity contribution in [2.24, 2.45) is 0 Å². The number of carboxylic acid groups (broad SMARTS) is 2. The summed E-state index contributed by atoms with van der Waals surface area (Å²) in [5.74, 6) is -2.36. The van der Waals surface area contributed by atoms with E-state index in [0.717, 1.165) is 6.20 Å². The molecule has 0 aliphatic carbocycles. The summed E-state index contributed by atoms with van der Waals surface area (Å²) in [7, 11) is 0. The van der Waals surface area contributed by atoms with Crippen LogP contribution >= 0.6 is 11.3 Å². The van der Waals surface area contributed by atoms with Crippen molar-refractivity contribution in [3.8, 4) is 0 Å².